The fraction of sp³-hybridized carbons (Fsp3) is 0.333. The summed E-state index contributed by atoms with van der Waals surface area (Å²) in [6.45, 7) is 7.82. The number of hydrogen-bond donors (Lipinski definition) is 1. The van der Waals surface area contributed by atoms with Gasteiger partial charge in [-0.25, -0.2) is 15.0 Å². The maximum absolute atomic E-state index is 5.96. The molecule has 4 heterocycles. The maximum Gasteiger partial charge on any atom is 0.223 e. The van der Waals surface area contributed by atoms with Crippen LogP contribution in [0.4, 0.5) is 11.8 Å². The Kier molecular flexibility index (Phi) is 4.32. The predicted molar refractivity (Wildman–Crippen MR) is 106 cm³/mol. The monoisotopic (exact) mass is 384 g/mol. The molecule has 6 nitrogen and oxygen atoms in total. The second kappa shape index (κ2) is 6.51. The van der Waals surface area contributed by atoms with Crippen LogP contribution >= 0.6 is 23.1 Å². The first-order valence-electron chi connectivity index (χ1n) is 8.34. The molecule has 0 aromatic carbocycles. The van der Waals surface area contributed by atoms with Crippen molar-refractivity contribution in [2.24, 2.45) is 0 Å². The van der Waals surface area contributed by atoms with Crippen LogP contribution in [0.3, 0.4) is 0 Å². The highest BCUT2D eigenvalue weighted by atomic mass is 32.2. The van der Waals surface area contributed by atoms with E-state index in [1.54, 1.807) is 23.1 Å². The van der Waals surface area contributed by atoms with Crippen LogP contribution in [0.2, 0.25) is 0 Å². The minimum Gasteiger partial charge on any atom is -0.368 e. The zero-order chi connectivity index (χ0) is 18.3. The molecule has 1 aliphatic rings. The summed E-state index contributed by atoms with van der Waals surface area (Å²) >= 11 is 3.29. The summed E-state index contributed by atoms with van der Waals surface area (Å²) < 4.78 is 1.18. The van der Waals surface area contributed by atoms with Crippen molar-refractivity contribution in [2.45, 2.75) is 48.5 Å². The van der Waals surface area contributed by atoms with Crippen LogP contribution in [-0.4, -0.2) is 19.9 Å². The highest BCUT2D eigenvalue weighted by molar-refractivity contribution is 8.01. The summed E-state index contributed by atoms with van der Waals surface area (Å²) in [7, 11) is 0. The third-order valence-corrected chi connectivity index (χ3v) is 6.01. The van der Waals surface area contributed by atoms with Crippen molar-refractivity contribution in [3.8, 4) is 0 Å². The van der Waals surface area contributed by atoms with Crippen molar-refractivity contribution < 1.29 is 0 Å². The first-order chi connectivity index (χ1) is 12.4. The van der Waals surface area contributed by atoms with E-state index in [0.717, 1.165) is 34.5 Å². The lowest BCUT2D eigenvalue weighted by Crippen LogP contribution is -2.18. The van der Waals surface area contributed by atoms with E-state index in [-0.39, 0.29) is 5.41 Å². The minimum absolute atomic E-state index is 0.0632. The maximum atomic E-state index is 5.96. The van der Waals surface area contributed by atoms with Gasteiger partial charge in [0.1, 0.15) is 16.7 Å². The van der Waals surface area contributed by atoms with Crippen LogP contribution in [0.15, 0.2) is 39.0 Å². The zero-order valence-corrected chi connectivity index (χ0v) is 16.6. The first kappa shape index (κ1) is 17.2. The fourth-order valence-electron chi connectivity index (χ4n) is 2.75. The summed E-state index contributed by atoms with van der Waals surface area (Å²) in [5.74, 6) is 1.99. The van der Waals surface area contributed by atoms with Gasteiger partial charge in [-0.15, -0.1) is 11.3 Å². The van der Waals surface area contributed by atoms with Gasteiger partial charge in [0.05, 0.1) is 16.4 Å². The molecule has 3 aromatic heterocycles. The molecule has 1 aliphatic heterocycles. The number of nitrogens with zero attached hydrogens (tertiary/aromatic N) is 5. The van der Waals surface area contributed by atoms with Gasteiger partial charge in [-0.2, -0.15) is 4.98 Å². The van der Waals surface area contributed by atoms with E-state index in [0.29, 0.717) is 12.5 Å². The van der Waals surface area contributed by atoms with Gasteiger partial charge in [-0.3, -0.25) is 0 Å². The standard InChI is InChI=1S/C18H20N6S2/c1-18(2,3)16-20-8-11-9-24(10-12(11)21-16)13-7-14(23-17(19)22-13)26-15-5-4-6-25-15/h4-8H,9-10H2,1-3H3,(H2,19,22,23). The number of fused-ring (bicyclic) bond motifs is 1. The van der Waals surface area contributed by atoms with E-state index in [1.807, 2.05) is 18.3 Å². The predicted octanol–water partition coefficient (Wildman–Crippen LogP) is 3.88. The summed E-state index contributed by atoms with van der Waals surface area (Å²) in [5.41, 5.74) is 8.10. The summed E-state index contributed by atoms with van der Waals surface area (Å²) in [5, 5.41) is 2.91. The molecular formula is C18H20N6S2. The summed E-state index contributed by atoms with van der Waals surface area (Å²) in [4.78, 5) is 20.3. The van der Waals surface area contributed by atoms with Gasteiger partial charge in [-0.05, 0) is 11.4 Å². The molecular weight excluding hydrogens is 364 g/mol. The molecule has 0 saturated carbocycles. The van der Waals surface area contributed by atoms with Gasteiger partial charge in [0.25, 0.3) is 0 Å². The van der Waals surface area contributed by atoms with Crippen molar-refractivity contribution in [3.63, 3.8) is 0 Å². The molecule has 0 atom stereocenters. The zero-order valence-electron chi connectivity index (χ0n) is 14.9. The lowest BCUT2D eigenvalue weighted by Gasteiger charge is -2.17. The van der Waals surface area contributed by atoms with Crippen LogP contribution in [0, 0.1) is 0 Å². The normalized spacial score (nSPS) is 13.9. The van der Waals surface area contributed by atoms with Crippen LogP contribution in [0.25, 0.3) is 0 Å². The Balaban J connectivity index is 1.59. The lowest BCUT2D eigenvalue weighted by molar-refractivity contribution is 0.541. The van der Waals surface area contributed by atoms with E-state index < -0.39 is 0 Å². The van der Waals surface area contributed by atoms with Crippen molar-refractivity contribution in [1.29, 1.82) is 0 Å². The lowest BCUT2D eigenvalue weighted by atomic mass is 9.95. The van der Waals surface area contributed by atoms with Gasteiger partial charge in [0.15, 0.2) is 0 Å². The Bertz CT molecular complexity index is 933. The SMILES string of the molecule is CC(C)(C)c1ncc2c(n1)CN(c1cc(Sc3cccs3)nc(N)n1)C2. The average Bonchev–Trinajstić information content (AvgIpc) is 3.21. The summed E-state index contributed by atoms with van der Waals surface area (Å²) in [6, 6.07) is 6.09. The molecule has 8 heteroatoms. The number of nitrogens with two attached hydrogens (primary N) is 1. The quantitative estimate of drug-likeness (QED) is 0.686. The van der Waals surface area contributed by atoms with Gasteiger partial charge < -0.3 is 10.6 Å². The van der Waals surface area contributed by atoms with E-state index >= 15 is 0 Å². The molecule has 0 spiro atoms. The molecule has 0 amide bonds. The Morgan fingerprint density at radius 1 is 1.19 bits per heavy atom. The molecule has 0 radical (unpaired) electrons. The average molecular weight is 385 g/mol. The number of hydrogen-bond acceptors (Lipinski definition) is 8. The third-order valence-electron chi connectivity index (χ3n) is 4.06. The number of nitrogen functional groups attached to an aromatic ring is 1. The number of aromatic nitrogens is 4. The van der Waals surface area contributed by atoms with E-state index in [9.17, 15) is 0 Å². The number of thiophene rings is 1. The largest absolute Gasteiger partial charge is 0.368 e. The Morgan fingerprint density at radius 3 is 2.77 bits per heavy atom. The fourth-order valence-corrected chi connectivity index (χ4v) is 4.47. The highest BCUT2D eigenvalue weighted by Crippen LogP contribution is 2.34. The third kappa shape index (κ3) is 3.52. The molecule has 0 fully saturated rings. The highest BCUT2D eigenvalue weighted by Gasteiger charge is 2.26. The van der Waals surface area contributed by atoms with Gasteiger partial charge >= 0.3 is 0 Å². The topological polar surface area (TPSA) is 80.8 Å². The van der Waals surface area contributed by atoms with Crippen LogP contribution in [0.5, 0.6) is 0 Å². The van der Waals surface area contributed by atoms with Gasteiger partial charge in [0, 0.05) is 29.8 Å². The van der Waals surface area contributed by atoms with Gasteiger partial charge in [-0.1, -0.05) is 38.6 Å². The molecule has 26 heavy (non-hydrogen) atoms. The Hall–Kier alpha value is -2.19. The molecule has 134 valence electrons. The molecule has 0 saturated heterocycles. The number of anilines is 2. The Morgan fingerprint density at radius 2 is 2.04 bits per heavy atom. The van der Waals surface area contributed by atoms with Crippen molar-refractivity contribution in [3.05, 3.63) is 46.9 Å². The van der Waals surface area contributed by atoms with Crippen molar-refractivity contribution in [2.75, 3.05) is 10.6 Å². The second-order valence-electron chi connectivity index (χ2n) is 7.23. The molecule has 0 bridgehead atoms. The molecule has 3 aromatic rings. The minimum atomic E-state index is -0.0632. The molecule has 4 rings (SSSR count). The van der Waals surface area contributed by atoms with E-state index in [4.69, 9.17) is 10.7 Å². The van der Waals surface area contributed by atoms with Crippen LogP contribution in [-0.2, 0) is 18.5 Å². The smallest absolute Gasteiger partial charge is 0.223 e. The van der Waals surface area contributed by atoms with Crippen LogP contribution < -0.4 is 10.6 Å². The first-order valence-corrected chi connectivity index (χ1v) is 10.0. The number of rotatable bonds is 3. The van der Waals surface area contributed by atoms with Crippen molar-refractivity contribution in [1.82, 2.24) is 19.9 Å². The Labute approximate surface area is 160 Å². The molecule has 0 aliphatic carbocycles. The molecule has 2 N–H and O–H groups in total. The second-order valence-corrected chi connectivity index (χ2v) is 9.50. The van der Waals surface area contributed by atoms with Crippen molar-refractivity contribution >= 4 is 34.9 Å². The summed E-state index contributed by atoms with van der Waals surface area (Å²) in [6.07, 6.45) is 1.94. The van der Waals surface area contributed by atoms with Gasteiger partial charge in [0.2, 0.25) is 5.95 Å². The van der Waals surface area contributed by atoms with E-state index in [1.165, 1.54) is 4.21 Å². The molecule has 0 unspecified atom stereocenters. The van der Waals surface area contributed by atoms with E-state index in [2.05, 4.69) is 52.1 Å². The van der Waals surface area contributed by atoms with Crippen LogP contribution in [0.1, 0.15) is 37.9 Å².